The van der Waals surface area contributed by atoms with E-state index < -0.39 is 10.0 Å². The highest BCUT2D eigenvalue weighted by atomic mass is 32.2. The maximum absolute atomic E-state index is 13.0. The topological polar surface area (TPSA) is 90.0 Å². The van der Waals surface area contributed by atoms with Crippen LogP contribution in [0.25, 0.3) is 0 Å². The molecule has 1 saturated carbocycles. The number of nitrogens with zero attached hydrogens (tertiary/aromatic N) is 3. The van der Waals surface area contributed by atoms with E-state index in [0.29, 0.717) is 43.2 Å². The van der Waals surface area contributed by atoms with E-state index in [1.54, 1.807) is 12.1 Å². The van der Waals surface area contributed by atoms with Crippen LogP contribution in [-0.4, -0.2) is 81.1 Å². The van der Waals surface area contributed by atoms with Crippen molar-refractivity contribution in [3.8, 4) is 0 Å². The Morgan fingerprint density at radius 2 is 1.83 bits per heavy atom. The van der Waals surface area contributed by atoms with Crippen molar-refractivity contribution >= 4 is 27.5 Å². The van der Waals surface area contributed by atoms with Crippen LogP contribution in [0.15, 0.2) is 18.2 Å². The molecule has 2 heterocycles. The summed E-state index contributed by atoms with van der Waals surface area (Å²) in [7, 11) is -3.34. The molecule has 1 unspecified atom stereocenters. The molecule has 2 aliphatic heterocycles. The first kappa shape index (κ1) is 21.1. The van der Waals surface area contributed by atoms with Crippen LogP contribution in [0.5, 0.6) is 0 Å². The Morgan fingerprint density at radius 1 is 1.13 bits per heavy atom. The zero-order valence-electron chi connectivity index (χ0n) is 17.6. The van der Waals surface area contributed by atoms with E-state index in [1.807, 2.05) is 17.9 Å². The summed E-state index contributed by atoms with van der Waals surface area (Å²) in [4.78, 5) is 28.9. The fourth-order valence-electron chi connectivity index (χ4n) is 4.39. The largest absolute Gasteiger partial charge is 0.353 e. The monoisotopic (exact) mass is 434 g/mol. The SMILES string of the molecule is CC1Cc2cc(C(=O)N3CCN(CCC(=O)NC4CC4)CC3)ccc2N1S(C)(=O)=O. The smallest absolute Gasteiger partial charge is 0.253 e. The molecule has 0 aromatic heterocycles. The van der Waals surface area contributed by atoms with Crippen LogP contribution in [0, 0.1) is 0 Å². The number of rotatable bonds is 6. The van der Waals surface area contributed by atoms with Crippen LogP contribution < -0.4 is 9.62 Å². The second kappa shape index (κ2) is 8.19. The summed E-state index contributed by atoms with van der Waals surface area (Å²) in [6.07, 6.45) is 4.53. The number of benzene rings is 1. The molecule has 164 valence electrons. The zero-order chi connectivity index (χ0) is 21.5. The summed E-state index contributed by atoms with van der Waals surface area (Å²) in [6.45, 7) is 5.38. The molecule has 1 aromatic rings. The van der Waals surface area contributed by atoms with Crippen LogP contribution in [0.2, 0.25) is 0 Å². The minimum atomic E-state index is -3.34. The molecular formula is C21H30N4O4S. The second-order valence-corrected chi connectivity index (χ2v) is 10.5. The molecule has 1 aliphatic carbocycles. The molecule has 0 spiro atoms. The Morgan fingerprint density at radius 3 is 2.47 bits per heavy atom. The number of carbonyl (C=O) groups excluding carboxylic acids is 2. The molecular weight excluding hydrogens is 404 g/mol. The van der Waals surface area contributed by atoms with Crippen molar-refractivity contribution in [2.24, 2.45) is 0 Å². The molecule has 0 bridgehead atoms. The summed E-state index contributed by atoms with van der Waals surface area (Å²) in [5, 5.41) is 3.01. The third-order valence-corrected chi connectivity index (χ3v) is 7.37. The van der Waals surface area contributed by atoms with E-state index in [0.717, 1.165) is 38.0 Å². The van der Waals surface area contributed by atoms with Gasteiger partial charge in [-0.2, -0.15) is 0 Å². The zero-order valence-corrected chi connectivity index (χ0v) is 18.5. The highest BCUT2D eigenvalue weighted by Crippen LogP contribution is 2.35. The number of piperazine rings is 1. The van der Waals surface area contributed by atoms with Gasteiger partial charge in [0.1, 0.15) is 0 Å². The van der Waals surface area contributed by atoms with Crippen molar-refractivity contribution in [2.75, 3.05) is 43.3 Å². The maximum Gasteiger partial charge on any atom is 0.253 e. The third kappa shape index (κ3) is 4.62. The van der Waals surface area contributed by atoms with E-state index in [1.165, 1.54) is 10.6 Å². The molecule has 2 fully saturated rings. The minimum absolute atomic E-state index is 0.0191. The van der Waals surface area contributed by atoms with Crippen LogP contribution >= 0.6 is 0 Å². The van der Waals surface area contributed by atoms with Gasteiger partial charge in [0.05, 0.1) is 11.9 Å². The molecule has 9 heteroatoms. The number of hydrogen-bond acceptors (Lipinski definition) is 5. The molecule has 8 nitrogen and oxygen atoms in total. The lowest BCUT2D eigenvalue weighted by Crippen LogP contribution is -2.49. The lowest BCUT2D eigenvalue weighted by molar-refractivity contribution is -0.121. The Balaban J connectivity index is 1.32. The van der Waals surface area contributed by atoms with Crippen molar-refractivity contribution in [3.05, 3.63) is 29.3 Å². The van der Waals surface area contributed by atoms with Gasteiger partial charge in [-0.15, -0.1) is 0 Å². The Labute approximate surface area is 178 Å². The molecule has 0 radical (unpaired) electrons. The summed E-state index contributed by atoms with van der Waals surface area (Å²) in [5.74, 6) is 0.0981. The van der Waals surface area contributed by atoms with Crippen LogP contribution in [0.3, 0.4) is 0 Å². The van der Waals surface area contributed by atoms with Crippen LogP contribution in [0.4, 0.5) is 5.69 Å². The van der Waals surface area contributed by atoms with E-state index in [9.17, 15) is 18.0 Å². The van der Waals surface area contributed by atoms with Gasteiger partial charge < -0.3 is 10.2 Å². The number of nitrogens with one attached hydrogen (secondary N) is 1. The van der Waals surface area contributed by atoms with Gasteiger partial charge >= 0.3 is 0 Å². The Kier molecular flexibility index (Phi) is 5.76. The number of carbonyl (C=O) groups is 2. The predicted molar refractivity (Wildman–Crippen MR) is 115 cm³/mol. The predicted octanol–water partition coefficient (Wildman–Crippen LogP) is 0.824. The molecule has 1 atom stereocenters. The van der Waals surface area contributed by atoms with Crippen molar-refractivity contribution in [1.29, 1.82) is 0 Å². The third-order valence-electron chi connectivity index (χ3n) is 6.09. The Bertz CT molecular complexity index is 936. The summed E-state index contributed by atoms with van der Waals surface area (Å²) >= 11 is 0. The standard InChI is InChI=1S/C21H30N4O4S/c1-15-13-17-14-16(3-6-19(17)25(15)30(2,28)29)21(27)24-11-9-23(10-12-24)8-7-20(26)22-18-4-5-18/h3,6,14-15,18H,4-5,7-13H2,1-2H3,(H,22,26). The highest BCUT2D eigenvalue weighted by Gasteiger charge is 2.33. The van der Waals surface area contributed by atoms with E-state index in [4.69, 9.17) is 0 Å². The van der Waals surface area contributed by atoms with Crippen LogP contribution in [0.1, 0.15) is 42.1 Å². The lowest BCUT2D eigenvalue weighted by atomic mass is 10.1. The maximum atomic E-state index is 13.0. The van der Waals surface area contributed by atoms with Gasteiger partial charge in [0.25, 0.3) is 5.91 Å². The lowest BCUT2D eigenvalue weighted by Gasteiger charge is -2.34. The van der Waals surface area contributed by atoms with Gasteiger partial charge in [-0.3, -0.25) is 18.8 Å². The fraction of sp³-hybridized carbons (Fsp3) is 0.619. The average molecular weight is 435 g/mol. The second-order valence-electron chi connectivity index (χ2n) is 8.68. The molecule has 1 saturated heterocycles. The minimum Gasteiger partial charge on any atom is -0.353 e. The van der Waals surface area contributed by atoms with Gasteiger partial charge in [0, 0.05) is 56.8 Å². The summed E-state index contributed by atoms with van der Waals surface area (Å²) in [5.41, 5.74) is 2.18. The number of sulfonamides is 1. The van der Waals surface area contributed by atoms with E-state index >= 15 is 0 Å². The van der Waals surface area contributed by atoms with E-state index in [-0.39, 0.29) is 17.9 Å². The molecule has 2 amide bonds. The normalized spacial score (nSPS) is 22.1. The van der Waals surface area contributed by atoms with E-state index in [2.05, 4.69) is 10.2 Å². The van der Waals surface area contributed by atoms with Gasteiger partial charge in [0.15, 0.2) is 0 Å². The van der Waals surface area contributed by atoms with Gasteiger partial charge in [-0.05, 0) is 49.9 Å². The average Bonchev–Trinajstić information content (AvgIpc) is 3.43. The molecule has 3 aliphatic rings. The first-order valence-corrected chi connectivity index (χ1v) is 12.5. The van der Waals surface area contributed by atoms with Gasteiger partial charge in [-0.1, -0.05) is 0 Å². The first-order valence-electron chi connectivity index (χ1n) is 10.7. The number of hydrogen-bond donors (Lipinski definition) is 1. The molecule has 30 heavy (non-hydrogen) atoms. The van der Waals surface area contributed by atoms with Gasteiger partial charge in [-0.25, -0.2) is 8.42 Å². The fourth-order valence-corrected chi connectivity index (χ4v) is 5.65. The Hall–Kier alpha value is -2.13. The quantitative estimate of drug-likeness (QED) is 0.716. The molecule has 1 N–H and O–H groups in total. The molecule has 1 aromatic carbocycles. The number of amides is 2. The number of anilines is 1. The highest BCUT2D eigenvalue weighted by molar-refractivity contribution is 7.92. The summed E-state index contributed by atoms with van der Waals surface area (Å²) < 4.78 is 25.6. The van der Waals surface area contributed by atoms with Crippen LogP contribution in [-0.2, 0) is 21.2 Å². The van der Waals surface area contributed by atoms with Gasteiger partial charge in [0.2, 0.25) is 15.9 Å². The first-order chi connectivity index (χ1) is 14.2. The van der Waals surface area contributed by atoms with Crippen molar-refractivity contribution in [2.45, 2.75) is 44.7 Å². The molecule has 4 rings (SSSR count). The number of fused-ring (bicyclic) bond motifs is 1. The van der Waals surface area contributed by atoms with Crippen molar-refractivity contribution < 1.29 is 18.0 Å². The van der Waals surface area contributed by atoms with Crippen molar-refractivity contribution in [3.63, 3.8) is 0 Å². The summed E-state index contributed by atoms with van der Waals surface area (Å²) in [6, 6.07) is 5.58. The van der Waals surface area contributed by atoms with Crippen molar-refractivity contribution in [1.82, 2.24) is 15.1 Å².